The molecule has 0 saturated carbocycles. The quantitative estimate of drug-likeness (QED) is 0.198. The summed E-state index contributed by atoms with van der Waals surface area (Å²) in [5, 5.41) is 3.58. The van der Waals surface area contributed by atoms with Crippen molar-refractivity contribution in [3.05, 3.63) is 122 Å². The zero-order valence-corrected chi connectivity index (χ0v) is 27.7. The summed E-state index contributed by atoms with van der Waals surface area (Å²) in [5.74, 6) is 1.66. The maximum absolute atomic E-state index is 13.1. The van der Waals surface area contributed by atoms with Gasteiger partial charge < -0.3 is 19.7 Å². The van der Waals surface area contributed by atoms with Gasteiger partial charge in [0.05, 0.1) is 28.8 Å². The van der Waals surface area contributed by atoms with E-state index in [4.69, 9.17) is 14.5 Å². The Kier molecular flexibility index (Phi) is 8.43. The summed E-state index contributed by atoms with van der Waals surface area (Å²) in [4.78, 5) is 21.3. The fraction of sp³-hybridized carbons (Fsp3) is 0.243. The van der Waals surface area contributed by atoms with Gasteiger partial charge in [0.2, 0.25) is 0 Å². The number of hydrogen-bond acceptors (Lipinski definition) is 6. The molecule has 1 fully saturated rings. The smallest absolute Gasteiger partial charge is 0.264 e. The van der Waals surface area contributed by atoms with E-state index in [0.29, 0.717) is 40.0 Å². The molecule has 2 atom stereocenters. The minimum absolute atomic E-state index is 0.168. The first-order chi connectivity index (χ1) is 22.0. The van der Waals surface area contributed by atoms with E-state index in [1.807, 2.05) is 25.1 Å². The number of ether oxygens (including phenoxy) is 2. The molecule has 3 heterocycles. The first-order valence-corrected chi connectivity index (χ1v) is 17.0. The number of benzene rings is 4. The number of rotatable bonds is 7. The van der Waals surface area contributed by atoms with Crippen molar-refractivity contribution in [3.63, 3.8) is 0 Å². The summed E-state index contributed by atoms with van der Waals surface area (Å²) < 4.78 is 12.0. The number of aliphatic imine (C=N–C) groups is 1. The second kappa shape index (κ2) is 12.8. The van der Waals surface area contributed by atoms with E-state index in [-0.39, 0.29) is 5.91 Å². The van der Waals surface area contributed by atoms with E-state index in [9.17, 15) is 4.79 Å². The molecule has 4 aromatic carbocycles. The molecule has 0 radical (unpaired) electrons. The van der Waals surface area contributed by atoms with Crippen LogP contribution in [0.5, 0.6) is 11.5 Å². The molecular formula is C37H34BrN3O3S. The van der Waals surface area contributed by atoms with Gasteiger partial charge in [-0.05, 0) is 106 Å². The second-order valence-electron chi connectivity index (χ2n) is 11.4. The van der Waals surface area contributed by atoms with E-state index in [1.54, 1.807) is 7.11 Å². The number of carbonyl (C=O) groups is 1. The summed E-state index contributed by atoms with van der Waals surface area (Å²) in [5.41, 5.74) is 8.36. The minimum atomic E-state index is -0.168. The Morgan fingerprint density at radius 1 is 0.956 bits per heavy atom. The van der Waals surface area contributed by atoms with Crippen LogP contribution in [-0.4, -0.2) is 37.9 Å². The Labute approximate surface area is 276 Å². The van der Waals surface area contributed by atoms with Gasteiger partial charge >= 0.3 is 0 Å². The van der Waals surface area contributed by atoms with Crippen molar-refractivity contribution >= 4 is 56.2 Å². The zero-order valence-electron chi connectivity index (χ0n) is 25.3. The lowest BCUT2D eigenvalue weighted by Gasteiger charge is -2.43. The molecule has 0 spiro atoms. The number of thioether (sulfide) groups is 1. The number of halogens is 1. The fourth-order valence-corrected chi connectivity index (χ4v) is 8.25. The molecule has 3 aliphatic heterocycles. The molecule has 228 valence electrons. The normalized spacial score (nSPS) is 20.7. The molecule has 8 heteroatoms. The molecule has 4 aromatic rings. The molecule has 1 amide bonds. The summed E-state index contributed by atoms with van der Waals surface area (Å²) in [6.07, 6.45) is 3.98. The highest BCUT2D eigenvalue weighted by Crippen LogP contribution is 2.50. The average molecular weight is 681 g/mol. The highest BCUT2D eigenvalue weighted by Gasteiger charge is 2.35. The van der Waals surface area contributed by atoms with Crippen LogP contribution in [-0.2, 0) is 4.79 Å². The number of methoxy groups -OCH3 is 1. The number of anilines is 1. The lowest BCUT2D eigenvalue weighted by Crippen LogP contribution is -2.37. The number of nitrogens with one attached hydrogen (secondary N) is 1. The Morgan fingerprint density at radius 3 is 2.16 bits per heavy atom. The molecule has 0 bridgehead atoms. The van der Waals surface area contributed by atoms with Crippen LogP contribution in [0.15, 0.2) is 99.3 Å². The molecule has 0 unspecified atom stereocenters. The standard InChI is InChI=1S/C37H34BrN3O3S/c1-3-44-32-19-23(18-31(38)35(32)43-2)20-33-36(42)40-37(45-33)39-26-21-29-27(24-10-6-4-7-11-24)14-16-41-17-15-28(30(22-26)34(29)41)25-12-8-5-9-13-25/h4-13,18-22,27-28H,3,14-17H2,1-2H3,(H,39,40,42)/b33-20-/t27-,28-/m0/s1. The number of amides is 1. The number of nitrogens with zero attached hydrogens (tertiary/aromatic N) is 2. The van der Waals surface area contributed by atoms with Crippen molar-refractivity contribution in [1.29, 1.82) is 0 Å². The third-order valence-corrected chi connectivity index (χ3v) is 10.2. The molecule has 1 saturated heterocycles. The number of amidine groups is 1. The van der Waals surface area contributed by atoms with Gasteiger partial charge in [-0.25, -0.2) is 4.99 Å². The van der Waals surface area contributed by atoms with Crippen LogP contribution in [0.3, 0.4) is 0 Å². The predicted octanol–water partition coefficient (Wildman–Crippen LogP) is 8.63. The van der Waals surface area contributed by atoms with E-state index in [0.717, 1.165) is 41.7 Å². The van der Waals surface area contributed by atoms with Crippen LogP contribution >= 0.6 is 27.7 Å². The molecule has 6 nitrogen and oxygen atoms in total. The molecule has 45 heavy (non-hydrogen) atoms. The molecule has 1 N–H and O–H groups in total. The predicted molar refractivity (Wildman–Crippen MR) is 187 cm³/mol. The zero-order chi connectivity index (χ0) is 30.9. The number of hydrogen-bond donors (Lipinski definition) is 1. The van der Waals surface area contributed by atoms with E-state index in [2.05, 4.69) is 98.9 Å². The monoisotopic (exact) mass is 679 g/mol. The Balaban J connectivity index is 1.28. The maximum Gasteiger partial charge on any atom is 0.264 e. The minimum Gasteiger partial charge on any atom is -0.492 e. The largest absolute Gasteiger partial charge is 0.492 e. The highest BCUT2D eigenvalue weighted by atomic mass is 79.9. The van der Waals surface area contributed by atoms with Gasteiger partial charge in [-0.2, -0.15) is 0 Å². The Morgan fingerprint density at radius 2 is 1.58 bits per heavy atom. The summed E-state index contributed by atoms with van der Waals surface area (Å²) >= 11 is 4.93. The van der Waals surface area contributed by atoms with Crippen LogP contribution < -0.4 is 19.7 Å². The molecule has 0 aliphatic carbocycles. The first kappa shape index (κ1) is 29.7. The SMILES string of the molecule is CCOc1cc(/C=C2\SC(=Nc3cc4c5c(c3)[C@H](c3ccccc3)CCN5CC[C@H]4c3ccccc3)NC2=O)cc(Br)c1OC. The van der Waals surface area contributed by atoms with Crippen LogP contribution in [0, 0.1) is 0 Å². The third-order valence-electron chi connectivity index (χ3n) is 8.72. The molecule has 7 rings (SSSR count). The van der Waals surface area contributed by atoms with Crippen LogP contribution in [0.1, 0.15) is 59.4 Å². The molecule has 3 aliphatic rings. The van der Waals surface area contributed by atoms with Crippen LogP contribution in [0.2, 0.25) is 0 Å². The van der Waals surface area contributed by atoms with Gasteiger partial charge in [0.1, 0.15) is 0 Å². The topological polar surface area (TPSA) is 63.2 Å². The molecule has 0 aromatic heterocycles. The van der Waals surface area contributed by atoms with Crippen molar-refractivity contribution in [2.75, 3.05) is 31.7 Å². The average Bonchev–Trinajstić information content (AvgIpc) is 3.39. The highest BCUT2D eigenvalue weighted by molar-refractivity contribution is 9.10. The van der Waals surface area contributed by atoms with E-state index in [1.165, 1.54) is 39.7 Å². The van der Waals surface area contributed by atoms with E-state index < -0.39 is 0 Å². The van der Waals surface area contributed by atoms with E-state index >= 15 is 0 Å². The van der Waals surface area contributed by atoms with Gasteiger partial charge in [-0.1, -0.05) is 60.7 Å². The first-order valence-electron chi connectivity index (χ1n) is 15.3. The summed E-state index contributed by atoms with van der Waals surface area (Å²) in [6, 6.07) is 29.9. The lowest BCUT2D eigenvalue weighted by atomic mass is 9.76. The number of carbonyl (C=O) groups excluding carboxylic acids is 1. The van der Waals surface area contributed by atoms with Crippen molar-refractivity contribution in [3.8, 4) is 11.5 Å². The van der Waals surface area contributed by atoms with Crippen molar-refractivity contribution in [2.45, 2.75) is 31.6 Å². The van der Waals surface area contributed by atoms with Crippen molar-refractivity contribution in [2.24, 2.45) is 4.99 Å². The molecular weight excluding hydrogens is 646 g/mol. The van der Waals surface area contributed by atoms with Gasteiger partial charge in [0, 0.05) is 30.6 Å². The van der Waals surface area contributed by atoms with Crippen molar-refractivity contribution in [1.82, 2.24) is 5.32 Å². The third kappa shape index (κ3) is 5.89. The summed E-state index contributed by atoms with van der Waals surface area (Å²) in [7, 11) is 1.61. The fourth-order valence-electron chi connectivity index (χ4n) is 6.79. The lowest BCUT2D eigenvalue weighted by molar-refractivity contribution is -0.115. The van der Waals surface area contributed by atoms with Gasteiger partial charge in [0.25, 0.3) is 5.91 Å². The Bertz CT molecular complexity index is 1740. The van der Waals surface area contributed by atoms with Crippen LogP contribution in [0.4, 0.5) is 11.4 Å². The second-order valence-corrected chi connectivity index (χ2v) is 13.3. The maximum atomic E-state index is 13.1. The van der Waals surface area contributed by atoms with Crippen molar-refractivity contribution < 1.29 is 14.3 Å². The van der Waals surface area contributed by atoms with Gasteiger partial charge in [-0.3, -0.25) is 4.79 Å². The van der Waals surface area contributed by atoms with Gasteiger partial charge in [-0.15, -0.1) is 0 Å². The Hall–Kier alpha value is -4.01. The van der Waals surface area contributed by atoms with Crippen LogP contribution in [0.25, 0.3) is 6.08 Å². The summed E-state index contributed by atoms with van der Waals surface area (Å²) in [6.45, 7) is 4.52. The van der Waals surface area contributed by atoms with Gasteiger partial charge in [0.15, 0.2) is 16.7 Å².